The summed E-state index contributed by atoms with van der Waals surface area (Å²) in [6.45, 7) is 0.276. The van der Waals surface area contributed by atoms with Gasteiger partial charge in [-0.15, -0.1) is 0 Å². The van der Waals surface area contributed by atoms with Crippen LogP contribution in [0.25, 0.3) is 0 Å². The van der Waals surface area contributed by atoms with Gasteiger partial charge in [-0.3, -0.25) is 10.1 Å². The van der Waals surface area contributed by atoms with Crippen molar-refractivity contribution in [2.75, 3.05) is 18.5 Å². The Bertz CT molecular complexity index is 651. The molecule has 0 spiro atoms. The highest BCUT2D eigenvalue weighted by molar-refractivity contribution is 8.00. The van der Waals surface area contributed by atoms with Gasteiger partial charge in [-0.05, 0) is 31.2 Å². The van der Waals surface area contributed by atoms with E-state index in [1.807, 2.05) is 6.26 Å². The van der Waals surface area contributed by atoms with Crippen LogP contribution >= 0.6 is 11.8 Å². The quantitative estimate of drug-likeness (QED) is 0.466. The van der Waals surface area contributed by atoms with Crippen LogP contribution in [0.3, 0.4) is 0 Å². The molecule has 0 atom stereocenters. The SMILES string of the molecule is CSC1(CNS(=O)(=O)c2ccc(N)cc2[N+](=O)[O-])CCC1. The van der Waals surface area contributed by atoms with E-state index in [-0.39, 0.29) is 21.9 Å². The van der Waals surface area contributed by atoms with Gasteiger partial charge in [0.15, 0.2) is 4.90 Å². The number of thioether (sulfide) groups is 1. The summed E-state index contributed by atoms with van der Waals surface area (Å²) in [5.74, 6) is 0. The van der Waals surface area contributed by atoms with Crippen LogP contribution in [0, 0.1) is 10.1 Å². The molecule has 0 bridgehead atoms. The van der Waals surface area contributed by atoms with Crippen molar-refractivity contribution in [3.05, 3.63) is 28.3 Å². The molecule has 7 nitrogen and oxygen atoms in total. The summed E-state index contributed by atoms with van der Waals surface area (Å²) >= 11 is 1.63. The number of sulfonamides is 1. The standard InChI is InChI=1S/C12H17N3O4S2/c1-20-12(5-2-6-12)8-14-21(18,19)11-4-3-9(13)7-10(11)15(16)17/h3-4,7,14H,2,5-6,8,13H2,1H3. The lowest BCUT2D eigenvalue weighted by atomic mass is 9.84. The van der Waals surface area contributed by atoms with Crippen LogP contribution in [0.2, 0.25) is 0 Å². The molecule has 116 valence electrons. The Labute approximate surface area is 127 Å². The van der Waals surface area contributed by atoms with E-state index in [0.29, 0.717) is 0 Å². The van der Waals surface area contributed by atoms with E-state index < -0.39 is 20.6 Å². The van der Waals surface area contributed by atoms with Crippen LogP contribution < -0.4 is 10.5 Å². The Kier molecular flexibility index (Phi) is 4.45. The molecule has 0 aliphatic heterocycles. The molecular weight excluding hydrogens is 314 g/mol. The number of hydrogen-bond acceptors (Lipinski definition) is 6. The van der Waals surface area contributed by atoms with Gasteiger partial charge in [0.2, 0.25) is 10.0 Å². The number of nitro benzene ring substituents is 1. The lowest BCUT2D eigenvalue weighted by molar-refractivity contribution is -0.387. The minimum atomic E-state index is -3.93. The molecule has 0 aromatic heterocycles. The molecule has 0 amide bonds. The molecule has 0 heterocycles. The fraction of sp³-hybridized carbons (Fsp3) is 0.500. The van der Waals surface area contributed by atoms with E-state index in [4.69, 9.17) is 5.73 Å². The summed E-state index contributed by atoms with van der Waals surface area (Å²) in [5, 5.41) is 11.0. The summed E-state index contributed by atoms with van der Waals surface area (Å²) in [6, 6.07) is 3.57. The number of benzene rings is 1. The normalized spacial score (nSPS) is 17.2. The Morgan fingerprint density at radius 2 is 2.14 bits per heavy atom. The molecule has 3 N–H and O–H groups in total. The molecule has 0 saturated heterocycles. The van der Waals surface area contributed by atoms with Crippen molar-refractivity contribution in [3.8, 4) is 0 Å². The highest BCUT2D eigenvalue weighted by Gasteiger charge is 2.38. The van der Waals surface area contributed by atoms with Gasteiger partial charge in [-0.1, -0.05) is 6.42 Å². The van der Waals surface area contributed by atoms with Crippen LogP contribution in [-0.4, -0.2) is 30.9 Å². The zero-order valence-electron chi connectivity index (χ0n) is 11.5. The Balaban J connectivity index is 2.25. The molecule has 1 aromatic rings. The average molecular weight is 331 g/mol. The molecule has 1 fully saturated rings. The van der Waals surface area contributed by atoms with Crippen LogP contribution in [0.4, 0.5) is 11.4 Å². The number of nitro groups is 1. The summed E-state index contributed by atoms with van der Waals surface area (Å²) in [5.41, 5.74) is 5.13. The van der Waals surface area contributed by atoms with Crippen LogP contribution in [0.1, 0.15) is 19.3 Å². The first kappa shape index (κ1) is 16.1. The van der Waals surface area contributed by atoms with Crippen molar-refractivity contribution in [1.29, 1.82) is 0 Å². The second kappa shape index (κ2) is 5.82. The molecule has 1 aliphatic carbocycles. The van der Waals surface area contributed by atoms with Gasteiger partial charge in [0.25, 0.3) is 5.69 Å². The van der Waals surface area contributed by atoms with Crippen molar-refractivity contribution in [1.82, 2.24) is 4.72 Å². The van der Waals surface area contributed by atoms with Crippen molar-refractivity contribution in [3.63, 3.8) is 0 Å². The second-order valence-corrected chi connectivity index (χ2v) is 8.06. The number of nitrogens with one attached hydrogen (secondary N) is 1. The maximum Gasteiger partial charge on any atom is 0.291 e. The number of hydrogen-bond donors (Lipinski definition) is 2. The Morgan fingerprint density at radius 1 is 1.48 bits per heavy atom. The number of anilines is 1. The highest BCUT2D eigenvalue weighted by Crippen LogP contribution is 2.42. The second-order valence-electron chi connectivity index (χ2n) is 5.05. The van der Waals surface area contributed by atoms with Gasteiger partial charge in [-0.2, -0.15) is 11.8 Å². The minimum Gasteiger partial charge on any atom is -0.399 e. The molecule has 0 unspecified atom stereocenters. The largest absolute Gasteiger partial charge is 0.399 e. The zero-order chi connectivity index (χ0) is 15.7. The maximum atomic E-state index is 12.3. The first-order valence-electron chi connectivity index (χ1n) is 6.38. The molecule has 1 saturated carbocycles. The molecule has 1 aliphatic rings. The van der Waals surface area contributed by atoms with E-state index in [0.717, 1.165) is 25.3 Å². The van der Waals surface area contributed by atoms with E-state index >= 15 is 0 Å². The van der Waals surface area contributed by atoms with Crippen LogP contribution in [0.15, 0.2) is 23.1 Å². The lowest BCUT2D eigenvalue weighted by Gasteiger charge is -2.40. The number of nitrogens with two attached hydrogens (primary N) is 1. The molecule has 0 radical (unpaired) electrons. The fourth-order valence-electron chi connectivity index (χ4n) is 2.23. The molecule has 21 heavy (non-hydrogen) atoms. The summed E-state index contributed by atoms with van der Waals surface area (Å²) in [7, 11) is -3.93. The highest BCUT2D eigenvalue weighted by atomic mass is 32.2. The van der Waals surface area contributed by atoms with Gasteiger partial charge in [0.1, 0.15) is 0 Å². The molecular formula is C12H17N3O4S2. The van der Waals surface area contributed by atoms with Crippen molar-refractivity contribution in [2.24, 2.45) is 0 Å². The van der Waals surface area contributed by atoms with Crippen molar-refractivity contribution >= 4 is 33.2 Å². The summed E-state index contributed by atoms with van der Waals surface area (Å²) < 4.78 is 27.0. The maximum absolute atomic E-state index is 12.3. The van der Waals surface area contributed by atoms with Crippen LogP contribution in [-0.2, 0) is 10.0 Å². The van der Waals surface area contributed by atoms with E-state index in [1.54, 1.807) is 11.8 Å². The van der Waals surface area contributed by atoms with Crippen molar-refractivity contribution < 1.29 is 13.3 Å². The molecule has 1 aromatic carbocycles. The lowest BCUT2D eigenvalue weighted by Crippen LogP contribution is -2.45. The minimum absolute atomic E-state index is 0.0876. The smallest absolute Gasteiger partial charge is 0.291 e. The number of nitrogens with zero attached hydrogens (tertiary/aromatic N) is 1. The third-order valence-corrected chi connectivity index (χ3v) is 6.62. The van der Waals surface area contributed by atoms with Gasteiger partial charge >= 0.3 is 0 Å². The summed E-state index contributed by atoms with van der Waals surface area (Å²) in [4.78, 5) is 9.91. The Hall–Kier alpha value is -1.32. The number of nitrogen functional groups attached to an aromatic ring is 1. The van der Waals surface area contributed by atoms with Gasteiger partial charge < -0.3 is 5.73 Å². The third kappa shape index (κ3) is 3.30. The fourth-order valence-corrected chi connectivity index (χ4v) is 4.52. The van der Waals surface area contributed by atoms with Gasteiger partial charge in [0.05, 0.1) is 4.92 Å². The Morgan fingerprint density at radius 3 is 2.62 bits per heavy atom. The average Bonchev–Trinajstić information content (AvgIpc) is 2.37. The van der Waals surface area contributed by atoms with Gasteiger partial charge in [-0.25, -0.2) is 13.1 Å². The topological polar surface area (TPSA) is 115 Å². The first-order chi connectivity index (χ1) is 9.80. The van der Waals surface area contributed by atoms with Crippen molar-refractivity contribution in [2.45, 2.75) is 28.9 Å². The van der Waals surface area contributed by atoms with E-state index in [9.17, 15) is 18.5 Å². The first-order valence-corrected chi connectivity index (χ1v) is 9.09. The van der Waals surface area contributed by atoms with Gasteiger partial charge in [0, 0.05) is 23.0 Å². The van der Waals surface area contributed by atoms with Crippen LogP contribution in [0.5, 0.6) is 0 Å². The van der Waals surface area contributed by atoms with E-state index in [2.05, 4.69) is 4.72 Å². The van der Waals surface area contributed by atoms with E-state index in [1.165, 1.54) is 12.1 Å². The zero-order valence-corrected chi connectivity index (χ0v) is 13.2. The monoisotopic (exact) mass is 331 g/mol. The third-order valence-electron chi connectivity index (χ3n) is 3.75. The summed E-state index contributed by atoms with van der Waals surface area (Å²) in [6.07, 6.45) is 4.91. The molecule has 2 rings (SSSR count). The predicted molar refractivity (Wildman–Crippen MR) is 82.8 cm³/mol. The number of rotatable bonds is 6. The predicted octanol–water partition coefficient (Wildman–Crippen LogP) is 1.74. The molecule has 9 heteroatoms.